The van der Waals surface area contributed by atoms with E-state index in [0.29, 0.717) is 23.7 Å². The Morgan fingerprint density at radius 2 is 1.89 bits per heavy atom. The van der Waals surface area contributed by atoms with Gasteiger partial charge in [0.1, 0.15) is 14.2 Å². The average Bonchev–Trinajstić information content (AvgIpc) is 3.01. The number of hydrogen-bond donors (Lipinski definition) is 1. The van der Waals surface area contributed by atoms with Crippen molar-refractivity contribution in [2.45, 2.75) is 71.8 Å². The number of aliphatic hydroxyl groups is 1. The second-order valence-corrected chi connectivity index (χ2v) is 10.0. The van der Waals surface area contributed by atoms with Crippen LogP contribution in [0.4, 0.5) is 0 Å². The fourth-order valence-electron chi connectivity index (χ4n) is 7.70. The highest BCUT2D eigenvalue weighted by Crippen LogP contribution is 2.66. The fourth-order valence-corrected chi connectivity index (χ4v) is 7.70. The van der Waals surface area contributed by atoms with Crippen molar-refractivity contribution in [1.29, 1.82) is 0 Å². The molecular formula is C23H36N2O3. The molecule has 28 heavy (non-hydrogen) atoms. The van der Waals surface area contributed by atoms with E-state index < -0.39 is 0 Å². The van der Waals surface area contributed by atoms with E-state index in [1.165, 1.54) is 31.3 Å². The molecule has 5 heteroatoms. The second kappa shape index (κ2) is 7.16. The second-order valence-electron chi connectivity index (χ2n) is 10.0. The number of oxime groups is 2. The smallest absolute Gasteiger partial charge is 0.106 e. The highest BCUT2D eigenvalue weighted by Gasteiger charge is 2.60. The van der Waals surface area contributed by atoms with Gasteiger partial charge in [0.2, 0.25) is 0 Å². The molecule has 0 radical (unpaired) electrons. The minimum atomic E-state index is -0.358. The lowest BCUT2D eigenvalue weighted by Gasteiger charge is -2.59. The van der Waals surface area contributed by atoms with Crippen LogP contribution in [0, 0.1) is 34.5 Å². The minimum Gasteiger partial charge on any atom is -0.399 e. The van der Waals surface area contributed by atoms with Crippen LogP contribution in [0.15, 0.2) is 22.0 Å². The van der Waals surface area contributed by atoms with E-state index in [0.717, 1.165) is 30.7 Å². The third kappa shape index (κ3) is 2.84. The topological polar surface area (TPSA) is 63.4 Å². The molecule has 0 unspecified atom stereocenters. The highest BCUT2D eigenvalue weighted by atomic mass is 16.6. The van der Waals surface area contributed by atoms with Gasteiger partial charge in [-0.2, -0.15) is 0 Å². The first kappa shape index (κ1) is 19.9. The monoisotopic (exact) mass is 388 g/mol. The fraction of sp³-hybridized carbons (Fsp3) is 0.826. The molecule has 3 fully saturated rings. The summed E-state index contributed by atoms with van der Waals surface area (Å²) in [6.45, 7) is 7.00. The van der Waals surface area contributed by atoms with Gasteiger partial charge in [-0.05, 0) is 92.1 Å². The van der Waals surface area contributed by atoms with Crippen molar-refractivity contribution in [2.24, 2.45) is 44.8 Å². The quantitative estimate of drug-likeness (QED) is 0.569. The lowest BCUT2D eigenvalue weighted by Crippen LogP contribution is -2.54. The van der Waals surface area contributed by atoms with E-state index in [1.54, 1.807) is 14.2 Å². The summed E-state index contributed by atoms with van der Waals surface area (Å²) in [6.07, 6.45) is 9.60. The number of nitrogens with zero attached hydrogens (tertiary/aromatic N) is 2. The molecule has 0 aliphatic heterocycles. The zero-order valence-corrected chi connectivity index (χ0v) is 18.1. The Hall–Kier alpha value is -1.36. The molecule has 0 aromatic rings. The average molecular weight is 389 g/mol. The van der Waals surface area contributed by atoms with Crippen molar-refractivity contribution in [3.05, 3.63) is 11.6 Å². The van der Waals surface area contributed by atoms with Crippen LogP contribution in [-0.2, 0) is 9.68 Å². The number of rotatable bonds is 3. The van der Waals surface area contributed by atoms with E-state index >= 15 is 0 Å². The van der Waals surface area contributed by atoms with Crippen molar-refractivity contribution < 1.29 is 14.8 Å². The first-order chi connectivity index (χ1) is 13.3. The molecule has 4 aliphatic rings. The summed E-state index contributed by atoms with van der Waals surface area (Å²) in [4.78, 5) is 10.1. The molecule has 0 saturated heterocycles. The molecular weight excluding hydrogens is 352 g/mol. The Balaban J connectivity index is 1.65. The standard InChI is InChI=1S/C23H36N2O3/c1-14(24-27-4)17-6-7-18-16-13-21(26)20-12-15(25-28-5)8-10-23(20,3)19(16)9-11-22(17,18)2/h12,16-19,21,26H,6-11,13H2,1-5H3/b24-14+,25-15-/t16-,17+,18-,19-,21+,22+,23+/m0/s1. The normalized spacial score (nSPS) is 47.1. The molecule has 0 spiro atoms. The van der Waals surface area contributed by atoms with Gasteiger partial charge in [-0.15, -0.1) is 0 Å². The Bertz CT molecular complexity index is 715. The Morgan fingerprint density at radius 1 is 1.11 bits per heavy atom. The minimum absolute atomic E-state index is 0.0875. The van der Waals surface area contributed by atoms with Crippen LogP contribution >= 0.6 is 0 Å². The maximum atomic E-state index is 11.1. The Kier molecular flexibility index (Phi) is 5.09. The predicted octanol–water partition coefficient (Wildman–Crippen LogP) is 4.56. The van der Waals surface area contributed by atoms with Crippen molar-refractivity contribution in [3.63, 3.8) is 0 Å². The van der Waals surface area contributed by atoms with Crippen molar-refractivity contribution in [3.8, 4) is 0 Å². The van der Waals surface area contributed by atoms with Gasteiger partial charge in [0.25, 0.3) is 0 Å². The van der Waals surface area contributed by atoms with Crippen LogP contribution in [0.1, 0.15) is 65.7 Å². The summed E-state index contributed by atoms with van der Waals surface area (Å²) in [5.41, 5.74) is 3.69. The summed E-state index contributed by atoms with van der Waals surface area (Å²) in [6, 6.07) is 0. The molecule has 7 atom stereocenters. The summed E-state index contributed by atoms with van der Waals surface area (Å²) in [5.74, 6) is 2.42. The maximum Gasteiger partial charge on any atom is 0.106 e. The molecule has 0 amide bonds. The Labute approximate surface area is 169 Å². The van der Waals surface area contributed by atoms with Crippen molar-refractivity contribution in [2.75, 3.05) is 14.2 Å². The van der Waals surface area contributed by atoms with Crippen molar-refractivity contribution >= 4 is 11.4 Å². The summed E-state index contributed by atoms with van der Waals surface area (Å²) in [5, 5.41) is 19.6. The molecule has 4 rings (SSSR count). The third-order valence-corrected chi connectivity index (χ3v) is 8.94. The predicted molar refractivity (Wildman–Crippen MR) is 111 cm³/mol. The molecule has 156 valence electrons. The van der Waals surface area contributed by atoms with Crippen LogP contribution in [0.25, 0.3) is 0 Å². The summed E-state index contributed by atoms with van der Waals surface area (Å²) in [7, 11) is 3.24. The van der Waals surface area contributed by atoms with Gasteiger partial charge in [-0.1, -0.05) is 24.2 Å². The van der Waals surface area contributed by atoms with E-state index in [9.17, 15) is 5.11 Å². The van der Waals surface area contributed by atoms with E-state index in [1.807, 2.05) is 0 Å². The largest absolute Gasteiger partial charge is 0.399 e. The Morgan fingerprint density at radius 3 is 2.61 bits per heavy atom. The zero-order chi connectivity index (χ0) is 20.1. The molecule has 4 aliphatic carbocycles. The summed E-state index contributed by atoms with van der Waals surface area (Å²) < 4.78 is 0. The van der Waals surface area contributed by atoms with Crippen LogP contribution in [-0.4, -0.2) is 36.9 Å². The lowest BCUT2D eigenvalue weighted by molar-refractivity contribution is -0.0705. The van der Waals surface area contributed by atoms with Crippen LogP contribution < -0.4 is 0 Å². The van der Waals surface area contributed by atoms with Gasteiger partial charge in [0, 0.05) is 5.92 Å². The first-order valence-corrected chi connectivity index (χ1v) is 10.9. The number of allylic oxidation sites excluding steroid dienone is 1. The third-order valence-electron chi connectivity index (χ3n) is 8.94. The maximum absolute atomic E-state index is 11.1. The molecule has 3 saturated carbocycles. The van der Waals surface area contributed by atoms with Gasteiger partial charge >= 0.3 is 0 Å². The van der Waals surface area contributed by atoms with Crippen LogP contribution in [0.5, 0.6) is 0 Å². The number of hydrogen-bond acceptors (Lipinski definition) is 5. The molecule has 1 N–H and O–H groups in total. The van der Waals surface area contributed by atoms with E-state index in [4.69, 9.17) is 9.68 Å². The van der Waals surface area contributed by atoms with E-state index in [2.05, 4.69) is 37.2 Å². The first-order valence-electron chi connectivity index (χ1n) is 10.9. The lowest BCUT2D eigenvalue weighted by atomic mass is 9.46. The van der Waals surface area contributed by atoms with Gasteiger partial charge in [-0.3, -0.25) is 0 Å². The van der Waals surface area contributed by atoms with E-state index in [-0.39, 0.29) is 16.9 Å². The summed E-state index contributed by atoms with van der Waals surface area (Å²) >= 11 is 0. The van der Waals surface area contributed by atoms with Gasteiger partial charge in [0.05, 0.1) is 17.5 Å². The zero-order valence-electron chi connectivity index (χ0n) is 18.1. The SMILES string of the molecule is CO/N=C1\C=C2[C@H](O)C[C@H]3[C@@H]4CC[C@H](/C(C)=N/OC)[C@@]4(C)CC[C@@H]3[C@@]2(C)CC1. The molecule has 0 bridgehead atoms. The van der Waals surface area contributed by atoms with Crippen LogP contribution in [0.2, 0.25) is 0 Å². The molecule has 0 aromatic carbocycles. The van der Waals surface area contributed by atoms with Gasteiger partial charge in [0.15, 0.2) is 0 Å². The molecule has 5 nitrogen and oxygen atoms in total. The van der Waals surface area contributed by atoms with Crippen molar-refractivity contribution in [1.82, 2.24) is 0 Å². The number of fused-ring (bicyclic) bond motifs is 5. The molecule has 0 aromatic heterocycles. The highest BCUT2D eigenvalue weighted by molar-refractivity contribution is 5.96. The van der Waals surface area contributed by atoms with Crippen LogP contribution in [0.3, 0.4) is 0 Å². The molecule has 0 heterocycles. The van der Waals surface area contributed by atoms with Gasteiger partial charge < -0.3 is 14.8 Å². The number of aliphatic hydroxyl groups excluding tert-OH is 1. The van der Waals surface area contributed by atoms with Gasteiger partial charge in [-0.25, -0.2) is 0 Å².